The molecule has 0 unspecified atom stereocenters. The molecule has 1 fully saturated rings. The van der Waals surface area contributed by atoms with Crippen LogP contribution >= 0.6 is 0 Å². The minimum atomic E-state index is -0.639. The van der Waals surface area contributed by atoms with Gasteiger partial charge in [-0.3, -0.25) is 4.79 Å². The van der Waals surface area contributed by atoms with Crippen molar-refractivity contribution >= 4 is 5.97 Å². The first-order chi connectivity index (χ1) is 4.74. The lowest BCUT2D eigenvalue weighted by atomic mass is 9.73. The number of rotatable bonds is 3. The van der Waals surface area contributed by atoms with E-state index in [0.29, 0.717) is 5.92 Å². The van der Waals surface area contributed by atoms with E-state index in [1.807, 2.05) is 6.08 Å². The summed E-state index contributed by atoms with van der Waals surface area (Å²) < 4.78 is 0. The highest BCUT2D eigenvalue weighted by Crippen LogP contribution is 2.36. The Morgan fingerprint density at radius 1 is 1.70 bits per heavy atom. The molecular weight excluding hydrogens is 128 g/mol. The first-order valence-corrected chi connectivity index (χ1v) is 3.57. The summed E-state index contributed by atoms with van der Waals surface area (Å²) in [6.45, 7) is 3.60. The van der Waals surface area contributed by atoms with E-state index >= 15 is 0 Å². The van der Waals surface area contributed by atoms with Gasteiger partial charge in [-0.1, -0.05) is 6.08 Å². The van der Waals surface area contributed by atoms with Gasteiger partial charge in [0.1, 0.15) is 0 Å². The number of allylic oxidation sites excluding steroid dienone is 1. The molecule has 0 heterocycles. The maximum atomic E-state index is 10.3. The minimum absolute atomic E-state index is 0.0649. The molecule has 0 aliphatic heterocycles. The molecule has 0 aromatic heterocycles. The molecule has 0 spiro atoms. The van der Waals surface area contributed by atoms with Crippen LogP contribution in [0.2, 0.25) is 0 Å². The lowest BCUT2D eigenvalue weighted by Crippen LogP contribution is -2.29. The van der Waals surface area contributed by atoms with E-state index in [-0.39, 0.29) is 5.92 Å². The SMILES string of the molecule is C=CCC1CC(C(=O)O)C1. The minimum Gasteiger partial charge on any atom is -0.481 e. The Bertz CT molecular complexity index is 145. The standard InChI is InChI=1S/C8H12O2/c1-2-3-6-4-7(5-6)8(9)10/h2,6-7H,1,3-5H2,(H,9,10). The van der Waals surface area contributed by atoms with Crippen molar-refractivity contribution < 1.29 is 9.90 Å². The van der Waals surface area contributed by atoms with Crippen LogP contribution in [0.4, 0.5) is 0 Å². The van der Waals surface area contributed by atoms with Crippen molar-refractivity contribution in [1.82, 2.24) is 0 Å². The molecule has 1 aliphatic rings. The number of carboxylic acids is 1. The van der Waals surface area contributed by atoms with E-state index in [1.165, 1.54) is 0 Å². The highest BCUT2D eigenvalue weighted by atomic mass is 16.4. The maximum Gasteiger partial charge on any atom is 0.306 e. The third-order valence-corrected chi connectivity index (χ3v) is 2.08. The normalized spacial score (nSPS) is 30.8. The second-order valence-corrected chi connectivity index (χ2v) is 2.90. The molecule has 1 rings (SSSR count). The quantitative estimate of drug-likeness (QED) is 0.605. The van der Waals surface area contributed by atoms with Crippen molar-refractivity contribution in [3.05, 3.63) is 12.7 Å². The zero-order valence-electron chi connectivity index (χ0n) is 5.92. The van der Waals surface area contributed by atoms with Crippen LogP contribution < -0.4 is 0 Å². The van der Waals surface area contributed by atoms with Gasteiger partial charge in [0.25, 0.3) is 0 Å². The Morgan fingerprint density at radius 2 is 2.30 bits per heavy atom. The molecule has 0 saturated heterocycles. The molecule has 2 heteroatoms. The van der Waals surface area contributed by atoms with E-state index in [4.69, 9.17) is 5.11 Å². The first-order valence-electron chi connectivity index (χ1n) is 3.57. The van der Waals surface area contributed by atoms with Crippen LogP contribution in [0.25, 0.3) is 0 Å². The van der Waals surface area contributed by atoms with Gasteiger partial charge in [0.2, 0.25) is 0 Å². The maximum absolute atomic E-state index is 10.3. The van der Waals surface area contributed by atoms with E-state index in [0.717, 1.165) is 19.3 Å². The van der Waals surface area contributed by atoms with Gasteiger partial charge in [-0.25, -0.2) is 0 Å². The highest BCUT2D eigenvalue weighted by Gasteiger charge is 2.32. The van der Waals surface area contributed by atoms with Crippen LogP contribution in [0.1, 0.15) is 19.3 Å². The summed E-state index contributed by atoms with van der Waals surface area (Å²) in [4.78, 5) is 10.3. The van der Waals surface area contributed by atoms with Gasteiger partial charge in [-0.05, 0) is 25.2 Å². The van der Waals surface area contributed by atoms with E-state index in [2.05, 4.69) is 6.58 Å². The predicted molar refractivity (Wildman–Crippen MR) is 38.7 cm³/mol. The fraction of sp³-hybridized carbons (Fsp3) is 0.625. The van der Waals surface area contributed by atoms with E-state index in [1.54, 1.807) is 0 Å². The van der Waals surface area contributed by atoms with Crippen molar-refractivity contribution in [2.45, 2.75) is 19.3 Å². The van der Waals surface area contributed by atoms with Crippen LogP contribution in [0, 0.1) is 11.8 Å². The Balaban J connectivity index is 2.17. The molecule has 56 valence electrons. The second-order valence-electron chi connectivity index (χ2n) is 2.90. The molecule has 0 amide bonds. The van der Waals surface area contributed by atoms with Gasteiger partial charge >= 0.3 is 5.97 Å². The predicted octanol–water partition coefficient (Wildman–Crippen LogP) is 1.67. The van der Waals surface area contributed by atoms with E-state index < -0.39 is 5.97 Å². The number of carboxylic acid groups (broad SMARTS) is 1. The third kappa shape index (κ3) is 1.38. The van der Waals surface area contributed by atoms with Crippen LogP contribution in [-0.4, -0.2) is 11.1 Å². The van der Waals surface area contributed by atoms with Gasteiger partial charge in [0.05, 0.1) is 5.92 Å². The average Bonchev–Trinajstić information content (AvgIpc) is 1.76. The van der Waals surface area contributed by atoms with E-state index in [9.17, 15) is 4.79 Å². The molecule has 0 radical (unpaired) electrons. The van der Waals surface area contributed by atoms with Gasteiger partial charge < -0.3 is 5.11 Å². The molecule has 0 aromatic carbocycles. The summed E-state index contributed by atoms with van der Waals surface area (Å²) in [5, 5.41) is 8.49. The van der Waals surface area contributed by atoms with Gasteiger partial charge in [0, 0.05) is 0 Å². The summed E-state index contributed by atoms with van der Waals surface area (Å²) in [5.41, 5.74) is 0. The molecular formula is C8H12O2. The van der Waals surface area contributed by atoms with Gasteiger partial charge in [0.15, 0.2) is 0 Å². The van der Waals surface area contributed by atoms with Crippen LogP contribution in [0.3, 0.4) is 0 Å². The van der Waals surface area contributed by atoms with Crippen LogP contribution in [0.15, 0.2) is 12.7 Å². The zero-order valence-corrected chi connectivity index (χ0v) is 5.92. The Hall–Kier alpha value is -0.790. The molecule has 1 N–H and O–H groups in total. The average molecular weight is 140 g/mol. The Labute approximate surface area is 60.6 Å². The van der Waals surface area contributed by atoms with Crippen molar-refractivity contribution in [3.8, 4) is 0 Å². The van der Waals surface area contributed by atoms with Crippen molar-refractivity contribution in [2.24, 2.45) is 11.8 Å². The molecule has 1 aliphatic carbocycles. The van der Waals surface area contributed by atoms with Crippen LogP contribution in [-0.2, 0) is 4.79 Å². The van der Waals surface area contributed by atoms with Crippen molar-refractivity contribution in [2.75, 3.05) is 0 Å². The number of aliphatic carboxylic acids is 1. The molecule has 0 atom stereocenters. The lowest BCUT2D eigenvalue weighted by Gasteiger charge is -2.31. The number of hydrogen-bond donors (Lipinski definition) is 1. The molecule has 0 aromatic rings. The summed E-state index contributed by atoms with van der Waals surface area (Å²) in [5.74, 6) is -0.108. The molecule has 2 nitrogen and oxygen atoms in total. The highest BCUT2D eigenvalue weighted by molar-refractivity contribution is 5.71. The molecule has 0 bridgehead atoms. The first kappa shape index (κ1) is 7.32. The Morgan fingerprint density at radius 3 is 2.70 bits per heavy atom. The molecule has 1 saturated carbocycles. The number of hydrogen-bond acceptors (Lipinski definition) is 1. The molecule has 10 heavy (non-hydrogen) atoms. The summed E-state index contributed by atoms with van der Waals surface area (Å²) in [7, 11) is 0. The fourth-order valence-corrected chi connectivity index (χ4v) is 1.37. The summed E-state index contributed by atoms with van der Waals surface area (Å²) in [6, 6.07) is 0. The van der Waals surface area contributed by atoms with Crippen molar-refractivity contribution in [3.63, 3.8) is 0 Å². The summed E-state index contributed by atoms with van der Waals surface area (Å²) >= 11 is 0. The smallest absolute Gasteiger partial charge is 0.306 e. The van der Waals surface area contributed by atoms with Crippen molar-refractivity contribution in [1.29, 1.82) is 0 Å². The van der Waals surface area contributed by atoms with Crippen LogP contribution in [0.5, 0.6) is 0 Å². The van der Waals surface area contributed by atoms with Gasteiger partial charge in [-0.15, -0.1) is 6.58 Å². The lowest BCUT2D eigenvalue weighted by molar-refractivity contribution is -0.146. The second kappa shape index (κ2) is 2.86. The monoisotopic (exact) mass is 140 g/mol. The topological polar surface area (TPSA) is 37.3 Å². The Kier molecular flexibility index (Phi) is 2.10. The fourth-order valence-electron chi connectivity index (χ4n) is 1.37. The zero-order chi connectivity index (χ0) is 7.56. The largest absolute Gasteiger partial charge is 0.481 e. The van der Waals surface area contributed by atoms with Gasteiger partial charge in [-0.2, -0.15) is 0 Å². The summed E-state index contributed by atoms with van der Waals surface area (Å²) in [6.07, 6.45) is 4.54. The number of carbonyl (C=O) groups is 1. The third-order valence-electron chi connectivity index (χ3n) is 2.08.